The van der Waals surface area contributed by atoms with Gasteiger partial charge in [-0.25, -0.2) is 4.57 Å². The Morgan fingerprint density at radius 2 is 1.47 bits per heavy atom. The molecule has 3 aromatic rings. The van der Waals surface area contributed by atoms with E-state index in [0.717, 1.165) is 17.8 Å². The van der Waals surface area contributed by atoms with Crippen LogP contribution in [0.25, 0.3) is 22.4 Å². The Morgan fingerprint density at radius 1 is 0.767 bits per heavy atom. The highest BCUT2D eigenvalue weighted by Crippen LogP contribution is 2.60. The Hall–Kier alpha value is -2.41. The summed E-state index contributed by atoms with van der Waals surface area (Å²) in [5.74, 6) is 2.98. The summed E-state index contributed by atoms with van der Waals surface area (Å²) in [6.07, 6.45) is 11.1. The number of hydrogen-bond donors (Lipinski definition) is 0. The lowest BCUT2D eigenvalue weighted by Gasteiger charge is -2.57. The zero-order valence-electron chi connectivity index (χ0n) is 18.3. The highest BCUT2D eigenvalue weighted by molar-refractivity contribution is 5.67. The van der Waals surface area contributed by atoms with E-state index < -0.39 is 0 Å². The van der Waals surface area contributed by atoms with Crippen molar-refractivity contribution in [3.63, 3.8) is 0 Å². The van der Waals surface area contributed by atoms with Gasteiger partial charge in [0.25, 0.3) is 0 Å². The molecule has 4 aliphatic rings. The van der Waals surface area contributed by atoms with Crippen LogP contribution in [-0.2, 0) is 12.5 Å². The van der Waals surface area contributed by atoms with Crippen LogP contribution in [0.5, 0.6) is 0 Å². The Labute approximate surface area is 180 Å². The molecular weight excluding hydrogens is 362 g/mol. The molecule has 2 aromatic carbocycles. The van der Waals surface area contributed by atoms with Crippen molar-refractivity contribution in [2.45, 2.75) is 50.9 Å². The summed E-state index contributed by atoms with van der Waals surface area (Å²) < 4.78 is 2.29. The van der Waals surface area contributed by atoms with Gasteiger partial charge in [-0.2, -0.15) is 0 Å². The van der Waals surface area contributed by atoms with Gasteiger partial charge in [-0.05, 0) is 97.4 Å². The zero-order chi connectivity index (χ0) is 20.3. The van der Waals surface area contributed by atoms with E-state index in [1.807, 2.05) is 0 Å². The van der Waals surface area contributed by atoms with E-state index >= 15 is 0 Å². The molecule has 1 aromatic heterocycles. The third kappa shape index (κ3) is 2.94. The lowest BCUT2D eigenvalue weighted by molar-refractivity contribution is -0.659. The molecule has 0 atom stereocenters. The maximum Gasteiger partial charge on any atom is 0.212 e. The number of nitrogens with zero attached hydrogens (tertiary/aromatic N) is 1. The summed E-state index contributed by atoms with van der Waals surface area (Å²) in [4.78, 5) is 0. The number of pyridine rings is 1. The molecule has 0 unspecified atom stereocenters. The minimum atomic E-state index is 0.466. The van der Waals surface area contributed by atoms with Gasteiger partial charge in [-0.1, -0.05) is 42.5 Å². The second-order valence-corrected chi connectivity index (χ2v) is 10.5. The van der Waals surface area contributed by atoms with E-state index in [1.54, 1.807) is 5.56 Å². The third-order valence-electron chi connectivity index (χ3n) is 8.40. The largest absolute Gasteiger partial charge is 0.212 e. The molecule has 0 saturated heterocycles. The first-order chi connectivity index (χ1) is 14.6. The van der Waals surface area contributed by atoms with Crippen molar-refractivity contribution in [3.8, 4) is 22.4 Å². The third-order valence-corrected chi connectivity index (χ3v) is 8.40. The van der Waals surface area contributed by atoms with Crippen molar-refractivity contribution < 1.29 is 4.57 Å². The smallest absolute Gasteiger partial charge is 0.200 e. The summed E-state index contributed by atoms with van der Waals surface area (Å²) in [5, 5.41) is 0. The maximum atomic E-state index is 2.52. The number of aromatic nitrogens is 1. The van der Waals surface area contributed by atoms with E-state index in [9.17, 15) is 0 Å². The van der Waals surface area contributed by atoms with Crippen LogP contribution in [0.1, 0.15) is 49.7 Å². The average Bonchev–Trinajstić information content (AvgIpc) is 2.74. The SMILES string of the molecule is Cc1ccccc1-c1ccc(-c2cccc(C34CC5CC(CC(C5)C3)C4)c2)c[n+]1C. The van der Waals surface area contributed by atoms with Crippen LogP contribution in [0.4, 0.5) is 0 Å². The second kappa shape index (κ2) is 6.80. The van der Waals surface area contributed by atoms with Crippen molar-refractivity contribution in [3.05, 3.63) is 78.0 Å². The van der Waals surface area contributed by atoms with Crippen molar-refractivity contribution in [2.75, 3.05) is 0 Å². The minimum Gasteiger partial charge on any atom is -0.200 e. The summed E-state index contributed by atoms with van der Waals surface area (Å²) in [6, 6.07) is 22.8. The predicted molar refractivity (Wildman–Crippen MR) is 123 cm³/mol. The monoisotopic (exact) mass is 394 g/mol. The van der Waals surface area contributed by atoms with Crippen LogP contribution < -0.4 is 4.57 Å². The normalized spacial score (nSPS) is 29.3. The number of rotatable bonds is 3. The van der Waals surface area contributed by atoms with Gasteiger partial charge >= 0.3 is 0 Å². The zero-order valence-corrected chi connectivity index (χ0v) is 18.3. The Morgan fingerprint density at radius 3 is 2.13 bits per heavy atom. The summed E-state index contributed by atoms with van der Waals surface area (Å²) in [5.41, 5.74) is 8.68. The Bertz CT molecular complexity index is 1070. The highest BCUT2D eigenvalue weighted by Gasteiger charge is 2.51. The molecule has 4 bridgehead atoms. The molecule has 0 N–H and O–H groups in total. The van der Waals surface area contributed by atoms with Gasteiger partial charge in [0, 0.05) is 17.2 Å². The summed E-state index contributed by atoms with van der Waals surface area (Å²) in [6.45, 7) is 2.19. The van der Waals surface area contributed by atoms with Crippen LogP contribution in [-0.4, -0.2) is 0 Å². The first-order valence-corrected chi connectivity index (χ1v) is 11.8. The van der Waals surface area contributed by atoms with Gasteiger partial charge in [0.05, 0.1) is 0 Å². The molecule has 1 heterocycles. The molecule has 4 saturated carbocycles. The van der Waals surface area contributed by atoms with E-state index in [0.29, 0.717) is 5.41 Å². The molecule has 7 rings (SSSR count). The topological polar surface area (TPSA) is 3.88 Å². The first kappa shape index (κ1) is 18.4. The number of benzene rings is 2. The van der Waals surface area contributed by atoms with Gasteiger partial charge in [-0.15, -0.1) is 0 Å². The van der Waals surface area contributed by atoms with Crippen LogP contribution in [0.15, 0.2) is 66.9 Å². The Kier molecular flexibility index (Phi) is 4.17. The van der Waals surface area contributed by atoms with Gasteiger partial charge in [0.2, 0.25) is 5.69 Å². The lowest BCUT2D eigenvalue weighted by atomic mass is 9.48. The summed E-state index contributed by atoms with van der Waals surface area (Å²) >= 11 is 0. The van der Waals surface area contributed by atoms with E-state index in [1.165, 1.54) is 66.5 Å². The minimum absolute atomic E-state index is 0.466. The van der Waals surface area contributed by atoms with Crippen LogP contribution in [0.2, 0.25) is 0 Å². The quantitative estimate of drug-likeness (QED) is 0.439. The average molecular weight is 395 g/mol. The van der Waals surface area contributed by atoms with Gasteiger partial charge in [-0.3, -0.25) is 0 Å². The van der Waals surface area contributed by atoms with Gasteiger partial charge in [0.15, 0.2) is 6.20 Å². The van der Waals surface area contributed by atoms with Crippen molar-refractivity contribution in [2.24, 2.45) is 24.8 Å². The highest BCUT2D eigenvalue weighted by atomic mass is 14.9. The van der Waals surface area contributed by atoms with Crippen LogP contribution in [0.3, 0.4) is 0 Å². The van der Waals surface area contributed by atoms with E-state index in [2.05, 4.69) is 85.4 Å². The fourth-order valence-electron chi connectivity index (χ4n) is 7.41. The standard InChI is InChI=1S/C29H32N/c1-20-6-3-4-9-27(20)28-11-10-25(19-30(28)2)24-7-5-8-26(15-24)29-16-21-12-22(17-29)14-23(13-21)18-29/h3-11,15,19,21-23H,12-14,16-18H2,1-2H3/q+1. The number of aryl methyl sites for hydroxylation is 2. The Balaban J connectivity index is 1.36. The molecule has 0 spiro atoms. The molecule has 1 nitrogen and oxygen atoms in total. The van der Waals surface area contributed by atoms with Crippen molar-refractivity contribution in [1.29, 1.82) is 0 Å². The molecule has 4 aliphatic carbocycles. The first-order valence-electron chi connectivity index (χ1n) is 11.8. The van der Waals surface area contributed by atoms with Crippen molar-refractivity contribution in [1.82, 2.24) is 0 Å². The molecule has 0 radical (unpaired) electrons. The van der Waals surface area contributed by atoms with Gasteiger partial charge < -0.3 is 0 Å². The lowest BCUT2D eigenvalue weighted by Crippen LogP contribution is -2.48. The van der Waals surface area contributed by atoms with Crippen LogP contribution in [0, 0.1) is 24.7 Å². The molecule has 152 valence electrons. The molecule has 0 amide bonds. The van der Waals surface area contributed by atoms with Gasteiger partial charge in [0.1, 0.15) is 7.05 Å². The second-order valence-electron chi connectivity index (χ2n) is 10.5. The molecule has 1 heteroatoms. The van der Waals surface area contributed by atoms with E-state index in [-0.39, 0.29) is 0 Å². The molecular formula is C29H32N+. The summed E-state index contributed by atoms with van der Waals surface area (Å²) in [7, 11) is 2.17. The number of hydrogen-bond acceptors (Lipinski definition) is 0. The molecule has 30 heavy (non-hydrogen) atoms. The predicted octanol–water partition coefficient (Wildman–Crippen LogP) is 6.62. The molecule has 0 aliphatic heterocycles. The fraction of sp³-hybridized carbons (Fsp3) is 0.414. The van der Waals surface area contributed by atoms with E-state index in [4.69, 9.17) is 0 Å². The van der Waals surface area contributed by atoms with Crippen molar-refractivity contribution >= 4 is 0 Å². The molecule has 4 fully saturated rings. The fourth-order valence-corrected chi connectivity index (χ4v) is 7.41. The maximum absolute atomic E-state index is 2.52. The van der Waals surface area contributed by atoms with Crippen LogP contribution >= 0.6 is 0 Å².